The topological polar surface area (TPSA) is 279 Å². The van der Waals surface area contributed by atoms with Crippen LogP contribution in [0.4, 0.5) is 27.1 Å². The summed E-state index contributed by atoms with van der Waals surface area (Å²) in [5.74, 6) is -7.28. The third-order valence-corrected chi connectivity index (χ3v) is 8.57. The monoisotopic (exact) mass is 829 g/mol. The van der Waals surface area contributed by atoms with Gasteiger partial charge in [0.15, 0.2) is 11.5 Å². The summed E-state index contributed by atoms with van der Waals surface area (Å²) >= 11 is 0. The molecule has 310 valence electrons. The summed E-state index contributed by atoms with van der Waals surface area (Å²) in [6, 6.07) is 22.5. The lowest BCUT2D eigenvalue weighted by Crippen LogP contribution is -2.46. The number of benzene rings is 5. The molecule has 0 heterocycles. The Kier molecular flexibility index (Phi) is 13.7. The molecule has 0 aromatic heterocycles. The minimum atomic E-state index is -1.42. The highest BCUT2D eigenvalue weighted by Crippen LogP contribution is 2.39. The van der Waals surface area contributed by atoms with Crippen LogP contribution in [0.1, 0.15) is 77.6 Å². The zero-order valence-electron chi connectivity index (χ0n) is 32.2. The van der Waals surface area contributed by atoms with Crippen molar-refractivity contribution in [3.8, 4) is 17.6 Å². The molecule has 0 saturated carbocycles. The number of phenols is 1. The number of carboxylic acid groups (broad SMARTS) is 1. The molecule has 0 bridgehead atoms. The molecule has 1 atom stereocenters. The highest BCUT2D eigenvalue weighted by molar-refractivity contribution is 6.10. The molecule has 9 N–H and O–H groups in total. The fourth-order valence-electron chi connectivity index (χ4n) is 5.54. The van der Waals surface area contributed by atoms with Gasteiger partial charge in [0.25, 0.3) is 23.6 Å². The number of nitrogens with zero attached hydrogens (tertiary/aromatic N) is 1. The van der Waals surface area contributed by atoms with Crippen LogP contribution in [0.15, 0.2) is 103 Å². The second-order valence-corrected chi connectivity index (χ2v) is 13.4. The molecule has 0 radical (unpaired) electrons. The fraction of sp³-hybridized carbons (Fsp3) is 0.116. The standard InChI is InChI=1S/C43H36FN7O10/c1-22(2)61-37-33(18-17-31(36(37)53)41(57)48-29-15-9-25(10-16-29)43(59)60)50-38(54)23-7-13-30(14-8-23)49-42(58)34(20-35(46)52)51-39(55)24-5-11-28(12-6-24)47-40(56)26-3-4-27(21-45)32(44)19-26/h3-19,22,34,53H,20H2,1-2H3,(H2,46,52)(H,47,56)(H,48,57)(H,49,58)(H,50,54)(H,51,55)(H,59,60). The number of ether oxygens (including phenoxy) is 1. The van der Waals surface area contributed by atoms with Crippen molar-refractivity contribution in [2.75, 3.05) is 21.3 Å². The SMILES string of the molecule is CC(C)Oc1c(NC(=O)c2ccc(NC(=O)C(CC(N)=O)NC(=O)c3ccc(NC(=O)c4ccc(C#N)c(F)c4)cc3)cc2)ccc(C(=O)Nc2ccc(C(=O)O)cc2)c1O. The summed E-state index contributed by atoms with van der Waals surface area (Å²) in [6.07, 6.45) is -1.06. The van der Waals surface area contributed by atoms with Crippen LogP contribution < -0.4 is 37.1 Å². The molecular formula is C43H36FN7O10. The van der Waals surface area contributed by atoms with E-state index in [-0.39, 0.29) is 61.9 Å². The van der Waals surface area contributed by atoms with E-state index in [1.807, 2.05) is 0 Å². The molecule has 0 aliphatic rings. The van der Waals surface area contributed by atoms with Crippen molar-refractivity contribution in [3.63, 3.8) is 0 Å². The average molecular weight is 830 g/mol. The van der Waals surface area contributed by atoms with E-state index < -0.39 is 71.5 Å². The van der Waals surface area contributed by atoms with Crippen LogP contribution in [0.5, 0.6) is 11.5 Å². The first-order valence-electron chi connectivity index (χ1n) is 18.1. The van der Waals surface area contributed by atoms with Gasteiger partial charge in [-0.05, 0) is 117 Å². The molecule has 5 aromatic carbocycles. The lowest BCUT2D eigenvalue weighted by molar-refractivity contribution is -0.123. The van der Waals surface area contributed by atoms with Gasteiger partial charge in [-0.15, -0.1) is 0 Å². The Hall–Kier alpha value is -8.59. The van der Waals surface area contributed by atoms with Crippen LogP contribution in [0.3, 0.4) is 0 Å². The van der Waals surface area contributed by atoms with E-state index in [1.165, 1.54) is 97.1 Å². The molecule has 0 fully saturated rings. The van der Waals surface area contributed by atoms with Crippen molar-refractivity contribution < 1.29 is 52.9 Å². The van der Waals surface area contributed by atoms with Crippen molar-refractivity contribution in [3.05, 3.63) is 142 Å². The molecule has 0 aliphatic carbocycles. The van der Waals surface area contributed by atoms with E-state index >= 15 is 0 Å². The first-order chi connectivity index (χ1) is 29.0. The maximum Gasteiger partial charge on any atom is 0.335 e. The number of phenolic OH excluding ortho intramolecular Hbond substituents is 1. The third-order valence-electron chi connectivity index (χ3n) is 8.57. The Balaban J connectivity index is 1.21. The van der Waals surface area contributed by atoms with Gasteiger partial charge in [0.05, 0.1) is 34.9 Å². The summed E-state index contributed by atoms with van der Waals surface area (Å²) in [6.45, 7) is 3.34. The average Bonchev–Trinajstić information content (AvgIpc) is 3.22. The molecule has 1 unspecified atom stereocenters. The smallest absolute Gasteiger partial charge is 0.335 e. The zero-order chi connectivity index (χ0) is 44.4. The minimum Gasteiger partial charge on any atom is -0.504 e. The molecular weight excluding hydrogens is 794 g/mol. The molecule has 17 nitrogen and oxygen atoms in total. The van der Waals surface area contributed by atoms with Gasteiger partial charge >= 0.3 is 5.97 Å². The van der Waals surface area contributed by atoms with Gasteiger partial charge in [-0.3, -0.25) is 28.8 Å². The van der Waals surface area contributed by atoms with Crippen LogP contribution in [-0.4, -0.2) is 63.8 Å². The van der Waals surface area contributed by atoms with E-state index in [9.17, 15) is 43.1 Å². The normalized spacial score (nSPS) is 11.0. The first kappa shape index (κ1) is 43.5. The van der Waals surface area contributed by atoms with Crippen molar-refractivity contribution in [1.29, 1.82) is 5.26 Å². The Labute approximate surface area is 346 Å². The number of nitrogens with one attached hydrogen (secondary N) is 5. The van der Waals surface area contributed by atoms with E-state index in [4.69, 9.17) is 20.8 Å². The van der Waals surface area contributed by atoms with Crippen molar-refractivity contribution >= 4 is 64.2 Å². The zero-order valence-corrected chi connectivity index (χ0v) is 32.2. The largest absolute Gasteiger partial charge is 0.504 e. The van der Waals surface area contributed by atoms with Crippen molar-refractivity contribution in [1.82, 2.24) is 5.32 Å². The summed E-state index contributed by atoms with van der Waals surface area (Å²) in [5, 5.41) is 41.8. The Morgan fingerprint density at radius 2 is 1.20 bits per heavy atom. The van der Waals surface area contributed by atoms with Crippen molar-refractivity contribution in [2.45, 2.75) is 32.4 Å². The number of primary amides is 1. The summed E-state index contributed by atoms with van der Waals surface area (Å²) in [4.78, 5) is 88.2. The van der Waals surface area contributed by atoms with Crippen molar-refractivity contribution in [2.24, 2.45) is 5.73 Å². The van der Waals surface area contributed by atoms with Gasteiger partial charge in [-0.1, -0.05) is 0 Å². The van der Waals surface area contributed by atoms with Crippen LogP contribution in [-0.2, 0) is 9.59 Å². The number of halogens is 1. The Morgan fingerprint density at radius 3 is 1.72 bits per heavy atom. The van der Waals surface area contributed by atoms with Gasteiger partial charge in [0.1, 0.15) is 17.9 Å². The third kappa shape index (κ3) is 11.3. The lowest BCUT2D eigenvalue weighted by atomic mass is 10.1. The number of anilines is 4. The van der Waals surface area contributed by atoms with Crippen LogP contribution in [0, 0.1) is 17.1 Å². The number of aromatic carboxylic acids is 1. The first-order valence-corrected chi connectivity index (χ1v) is 18.1. The quantitative estimate of drug-likeness (QED) is 0.0674. The van der Waals surface area contributed by atoms with Crippen LogP contribution in [0.2, 0.25) is 0 Å². The van der Waals surface area contributed by atoms with Gasteiger partial charge in [-0.2, -0.15) is 5.26 Å². The molecule has 0 spiro atoms. The summed E-state index contributed by atoms with van der Waals surface area (Å²) in [5.41, 5.74) is 5.79. The highest BCUT2D eigenvalue weighted by atomic mass is 19.1. The summed E-state index contributed by atoms with van der Waals surface area (Å²) in [7, 11) is 0. The Morgan fingerprint density at radius 1 is 0.689 bits per heavy atom. The van der Waals surface area contributed by atoms with Gasteiger partial charge in [0.2, 0.25) is 11.8 Å². The molecule has 6 amide bonds. The van der Waals surface area contributed by atoms with E-state index in [2.05, 4.69) is 26.6 Å². The van der Waals surface area contributed by atoms with E-state index in [1.54, 1.807) is 19.9 Å². The minimum absolute atomic E-state index is 0.0136. The number of nitrogens with two attached hydrogens (primary N) is 1. The Bertz CT molecular complexity index is 2570. The van der Waals surface area contributed by atoms with Gasteiger partial charge in [-0.25, -0.2) is 9.18 Å². The number of carbonyl (C=O) groups excluding carboxylic acids is 6. The van der Waals surface area contributed by atoms with Gasteiger partial charge < -0.3 is 47.3 Å². The number of carbonyl (C=O) groups is 7. The number of nitriles is 1. The highest BCUT2D eigenvalue weighted by Gasteiger charge is 2.25. The number of rotatable bonds is 15. The number of hydrogen-bond donors (Lipinski definition) is 8. The second kappa shape index (κ2) is 19.2. The molecule has 18 heteroatoms. The maximum atomic E-state index is 14.0. The van der Waals surface area contributed by atoms with Crippen LogP contribution >= 0.6 is 0 Å². The van der Waals surface area contributed by atoms with E-state index in [0.717, 1.165) is 6.07 Å². The predicted octanol–water partition coefficient (Wildman–Crippen LogP) is 5.26. The fourth-order valence-corrected chi connectivity index (χ4v) is 5.54. The molecule has 61 heavy (non-hydrogen) atoms. The maximum absolute atomic E-state index is 14.0. The second-order valence-electron chi connectivity index (χ2n) is 13.4. The number of aromatic hydroxyl groups is 1. The molecule has 0 saturated heterocycles. The molecule has 0 aliphatic heterocycles. The number of amides is 6. The van der Waals surface area contributed by atoms with E-state index in [0.29, 0.717) is 0 Å². The predicted molar refractivity (Wildman–Crippen MR) is 219 cm³/mol. The number of carboxylic acids is 1. The molecule has 5 rings (SSSR count). The number of hydrogen-bond acceptors (Lipinski definition) is 10. The summed E-state index contributed by atoms with van der Waals surface area (Å²) < 4.78 is 19.7. The van der Waals surface area contributed by atoms with Gasteiger partial charge in [0, 0.05) is 33.8 Å². The molecule has 5 aromatic rings. The lowest BCUT2D eigenvalue weighted by Gasteiger charge is -2.19. The van der Waals surface area contributed by atoms with Crippen LogP contribution in [0.25, 0.3) is 0 Å².